The molecule has 0 radical (unpaired) electrons. The van der Waals surface area contributed by atoms with Gasteiger partial charge in [-0.3, -0.25) is 9.59 Å². The minimum Gasteiger partial charge on any atom is -0.484 e. The number of aliphatic carboxylic acids is 1. The van der Waals surface area contributed by atoms with Crippen molar-refractivity contribution in [1.29, 1.82) is 0 Å². The van der Waals surface area contributed by atoms with Crippen LogP contribution in [0.3, 0.4) is 0 Å². The van der Waals surface area contributed by atoms with Gasteiger partial charge in [0.15, 0.2) is 6.61 Å². The lowest BCUT2D eigenvalue weighted by Gasteiger charge is -2.28. The van der Waals surface area contributed by atoms with Crippen LogP contribution in [0.25, 0.3) is 0 Å². The van der Waals surface area contributed by atoms with Crippen molar-refractivity contribution in [2.24, 2.45) is 11.3 Å². The molecule has 144 valence electrons. The first-order valence-corrected chi connectivity index (χ1v) is 8.33. The quantitative estimate of drug-likeness (QED) is 0.832. The summed E-state index contributed by atoms with van der Waals surface area (Å²) in [4.78, 5) is 25.6. The second-order valence-electron chi connectivity index (χ2n) is 6.91. The molecule has 1 amide bonds. The van der Waals surface area contributed by atoms with Gasteiger partial charge in [-0.2, -0.15) is 13.2 Å². The Kier molecular flexibility index (Phi) is 5.83. The Balaban J connectivity index is 2.01. The Hall–Kier alpha value is -2.25. The molecular formula is C18H22F3NO4. The van der Waals surface area contributed by atoms with Crippen LogP contribution in [0.15, 0.2) is 24.3 Å². The lowest BCUT2D eigenvalue weighted by Crippen LogP contribution is -2.41. The molecule has 1 unspecified atom stereocenters. The van der Waals surface area contributed by atoms with E-state index in [2.05, 4.69) is 4.74 Å². The van der Waals surface area contributed by atoms with Gasteiger partial charge in [0.2, 0.25) is 5.91 Å². The fourth-order valence-corrected chi connectivity index (χ4v) is 3.14. The van der Waals surface area contributed by atoms with Gasteiger partial charge in [-0.05, 0) is 30.0 Å². The van der Waals surface area contributed by atoms with Crippen LogP contribution in [-0.2, 0) is 16.0 Å². The molecule has 0 aromatic heterocycles. The Labute approximate surface area is 149 Å². The average molecular weight is 373 g/mol. The number of halogens is 3. The van der Waals surface area contributed by atoms with E-state index in [1.165, 1.54) is 23.1 Å². The highest BCUT2D eigenvalue weighted by molar-refractivity contribution is 5.82. The zero-order valence-electron chi connectivity index (χ0n) is 14.7. The Morgan fingerprint density at radius 3 is 2.58 bits per heavy atom. The predicted molar refractivity (Wildman–Crippen MR) is 87.8 cm³/mol. The summed E-state index contributed by atoms with van der Waals surface area (Å²) in [6.45, 7) is 2.75. The number of nitrogens with zero attached hydrogens (tertiary/aromatic N) is 1. The molecule has 0 saturated carbocycles. The molecule has 8 heteroatoms. The van der Waals surface area contributed by atoms with Gasteiger partial charge in [-0.1, -0.05) is 26.0 Å². The van der Waals surface area contributed by atoms with E-state index in [1.54, 1.807) is 6.07 Å². The molecular weight excluding hydrogens is 351 g/mol. The average Bonchev–Trinajstić information content (AvgIpc) is 3.00. The molecule has 1 aromatic carbocycles. The minimum absolute atomic E-state index is 0.0169. The predicted octanol–water partition coefficient (Wildman–Crippen LogP) is 3.13. The highest BCUT2D eigenvalue weighted by atomic mass is 19.4. The lowest BCUT2D eigenvalue weighted by atomic mass is 9.76. The smallest absolute Gasteiger partial charge is 0.422 e. The van der Waals surface area contributed by atoms with Gasteiger partial charge in [0, 0.05) is 13.1 Å². The van der Waals surface area contributed by atoms with Crippen molar-refractivity contribution >= 4 is 11.9 Å². The fraction of sp³-hybridized carbons (Fsp3) is 0.556. The van der Waals surface area contributed by atoms with E-state index in [4.69, 9.17) is 0 Å². The maximum absolute atomic E-state index is 12.5. The van der Waals surface area contributed by atoms with Crippen molar-refractivity contribution in [2.75, 3.05) is 19.7 Å². The van der Waals surface area contributed by atoms with Crippen LogP contribution in [0, 0.1) is 11.3 Å². The molecule has 26 heavy (non-hydrogen) atoms. The summed E-state index contributed by atoms with van der Waals surface area (Å²) < 4.78 is 41.4. The summed E-state index contributed by atoms with van der Waals surface area (Å²) in [6.07, 6.45) is -4.06. The Bertz CT molecular complexity index is 675. The number of hydrogen-bond donors (Lipinski definition) is 1. The summed E-state index contributed by atoms with van der Waals surface area (Å²) in [5, 5.41) is 9.54. The second-order valence-corrected chi connectivity index (χ2v) is 6.91. The third kappa shape index (κ3) is 4.68. The molecule has 1 saturated heterocycles. The fourth-order valence-electron chi connectivity index (χ4n) is 3.14. The number of likely N-dealkylation sites (tertiary alicyclic amines) is 1. The van der Waals surface area contributed by atoms with Crippen LogP contribution in [-0.4, -0.2) is 47.8 Å². The third-order valence-electron chi connectivity index (χ3n) is 4.84. The van der Waals surface area contributed by atoms with E-state index < -0.39 is 24.2 Å². The van der Waals surface area contributed by atoms with Gasteiger partial charge in [-0.15, -0.1) is 0 Å². The van der Waals surface area contributed by atoms with E-state index in [-0.39, 0.29) is 30.5 Å². The summed E-state index contributed by atoms with van der Waals surface area (Å²) in [7, 11) is 0. The number of carbonyl (C=O) groups is 2. The molecule has 2 rings (SSSR count). The molecule has 0 bridgehead atoms. The van der Waals surface area contributed by atoms with E-state index in [1.807, 2.05) is 13.8 Å². The first-order valence-electron chi connectivity index (χ1n) is 8.33. The highest BCUT2D eigenvalue weighted by Crippen LogP contribution is 2.38. The summed E-state index contributed by atoms with van der Waals surface area (Å²) >= 11 is 0. The topological polar surface area (TPSA) is 66.8 Å². The van der Waals surface area contributed by atoms with Crippen molar-refractivity contribution < 1.29 is 32.6 Å². The van der Waals surface area contributed by atoms with Gasteiger partial charge in [0.05, 0.1) is 11.8 Å². The molecule has 1 atom stereocenters. The standard InChI is InChI=1S/C18H22F3NO4/c1-12(2)17(16(24)25)6-7-22(10-17)15(23)9-13-4-3-5-14(8-13)26-11-18(19,20)21/h3-5,8,12H,6-7,9-11H2,1-2H3,(H,24,25). The van der Waals surface area contributed by atoms with Crippen LogP contribution >= 0.6 is 0 Å². The number of benzene rings is 1. The maximum Gasteiger partial charge on any atom is 0.422 e. The van der Waals surface area contributed by atoms with Crippen molar-refractivity contribution in [2.45, 2.75) is 32.9 Å². The summed E-state index contributed by atoms with van der Waals surface area (Å²) in [6, 6.07) is 5.94. The molecule has 0 spiro atoms. The number of carboxylic acids is 1. The van der Waals surface area contributed by atoms with Crippen molar-refractivity contribution in [3.8, 4) is 5.75 Å². The van der Waals surface area contributed by atoms with Crippen LogP contribution in [0.5, 0.6) is 5.75 Å². The number of rotatable bonds is 6. The first kappa shape index (κ1) is 20.1. The largest absolute Gasteiger partial charge is 0.484 e. The SMILES string of the molecule is CC(C)C1(C(=O)O)CCN(C(=O)Cc2cccc(OCC(F)(F)F)c2)C1. The van der Waals surface area contributed by atoms with Gasteiger partial charge in [0.1, 0.15) is 5.75 Å². The number of ether oxygens (including phenoxy) is 1. The zero-order chi connectivity index (χ0) is 19.5. The number of alkyl halides is 3. The maximum atomic E-state index is 12.5. The van der Waals surface area contributed by atoms with Gasteiger partial charge < -0.3 is 14.7 Å². The number of hydrogen-bond acceptors (Lipinski definition) is 3. The van der Waals surface area contributed by atoms with E-state index >= 15 is 0 Å². The number of carbonyl (C=O) groups excluding carboxylic acids is 1. The number of carboxylic acid groups (broad SMARTS) is 1. The van der Waals surface area contributed by atoms with Crippen LogP contribution < -0.4 is 4.74 Å². The normalized spacial score (nSPS) is 20.5. The van der Waals surface area contributed by atoms with Crippen LogP contribution in [0.1, 0.15) is 25.8 Å². The van der Waals surface area contributed by atoms with Crippen LogP contribution in [0.4, 0.5) is 13.2 Å². The van der Waals surface area contributed by atoms with E-state index in [0.29, 0.717) is 18.5 Å². The van der Waals surface area contributed by atoms with Gasteiger partial charge in [0.25, 0.3) is 0 Å². The van der Waals surface area contributed by atoms with E-state index in [9.17, 15) is 27.9 Å². The summed E-state index contributed by atoms with van der Waals surface area (Å²) in [5.41, 5.74) is -0.431. The first-order chi connectivity index (χ1) is 12.0. The van der Waals surface area contributed by atoms with Crippen LogP contribution in [0.2, 0.25) is 0 Å². The number of amides is 1. The molecule has 1 heterocycles. The van der Waals surface area contributed by atoms with Gasteiger partial charge >= 0.3 is 12.1 Å². The second kappa shape index (κ2) is 7.55. The third-order valence-corrected chi connectivity index (χ3v) is 4.84. The van der Waals surface area contributed by atoms with Gasteiger partial charge in [-0.25, -0.2) is 0 Å². The van der Waals surface area contributed by atoms with E-state index in [0.717, 1.165) is 0 Å². The minimum atomic E-state index is -4.43. The monoisotopic (exact) mass is 373 g/mol. The zero-order valence-corrected chi connectivity index (χ0v) is 14.7. The summed E-state index contributed by atoms with van der Waals surface area (Å²) in [5.74, 6) is -1.24. The molecule has 1 aromatic rings. The molecule has 1 N–H and O–H groups in total. The molecule has 1 fully saturated rings. The molecule has 5 nitrogen and oxygen atoms in total. The van der Waals surface area contributed by atoms with Crippen molar-refractivity contribution in [3.63, 3.8) is 0 Å². The lowest BCUT2D eigenvalue weighted by molar-refractivity contribution is -0.153. The van der Waals surface area contributed by atoms with Crippen molar-refractivity contribution in [1.82, 2.24) is 4.90 Å². The Morgan fingerprint density at radius 1 is 1.35 bits per heavy atom. The Morgan fingerprint density at radius 2 is 2.04 bits per heavy atom. The highest BCUT2D eigenvalue weighted by Gasteiger charge is 2.48. The molecule has 0 aliphatic carbocycles. The van der Waals surface area contributed by atoms with Crippen molar-refractivity contribution in [3.05, 3.63) is 29.8 Å². The molecule has 1 aliphatic rings. The molecule has 1 aliphatic heterocycles.